The van der Waals surface area contributed by atoms with Gasteiger partial charge in [0.1, 0.15) is 0 Å². The molecule has 1 atom stereocenters. The van der Waals surface area contributed by atoms with Crippen LogP contribution in [0.4, 0.5) is 5.13 Å². The number of aryl methyl sites for hydroxylation is 1. The van der Waals surface area contributed by atoms with E-state index in [9.17, 15) is 4.79 Å². The summed E-state index contributed by atoms with van der Waals surface area (Å²) in [6.45, 7) is 6.64. The number of hydrogen-bond acceptors (Lipinski definition) is 6. The standard InChI is InChI=1S/C15H24N4O2S.2ClH/c1-11-10-17-15(22-11)19-6-4-18(5-7-19)14(20)13(16)12-2-8-21-9-3-12;;/h10,12-13H,2-9,16H2,1H3;2*1H. The summed E-state index contributed by atoms with van der Waals surface area (Å²) in [5.41, 5.74) is 6.20. The molecule has 1 amide bonds. The summed E-state index contributed by atoms with van der Waals surface area (Å²) in [5, 5.41) is 1.05. The number of carbonyl (C=O) groups is 1. The number of thiazole rings is 1. The van der Waals surface area contributed by atoms with Gasteiger partial charge in [0, 0.05) is 50.5 Å². The zero-order chi connectivity index (χ0) is 15.5. The quantitative estimate of drug-likeness (QED) is 0.841. The van der Waals surface area contributed by atoms with Crippen LogP contribution in [0.25, 0.3) is 0 Å². The van der Waals surface area contributed by atoms with Crippen molar-refractivity contribution in [1.82, 2.24) is 9.88 Å². The number of ether oxygens (including phenoxy) is 1. The van der Waals surface area contributed by atoms with Gasteiger partial charge in [-0.15, -0.1) is 36.2 Å². The van der Waals surface area contributed by atoms with Crippen LogP contribution < -0.4 is 10.6 Å². The van der Waals surface area contributed by atoms with Crippen LogP contribution in [0, 0.1) is 12.8 Å². The highest BCUT2D eigenvalue weighted by atomic mass is 35.5. The minimum absolute atomic E-state index is 0. The topological polar surface area (TPSA) is 71.7 Å². The molecular weight excluding hydrogens is 371 g/mol. The molecule has 24 heavy (non-hydrogen) atoms. The minimum atomic E-state index is -0.377. The van der Waals surface area contributed by atoms with Crippen LogP contribution in [-0.2, 0) is 9.53 Å². The summed E-state index contributed by atoms with van der Waals surface area (Å²) in [5.74, 6) is 0.364. The normalized spacial score (nSPS) is 20.1. The maximum Gasteiger partial charge on any atom is 0.239 e. The first-order valence-corrected chi connectivity index (χ1v) is 8.76. The van der Waals surface area contributed by atoms with E-state index in [-0.39, 0.29) is 42.7 Å². The molecule has 3 heterocycles. The summed E-state index contributed by atoms with van der Waals surface area (Å²) >= 11 is 1.71. The minimum Gasteiger partial charge on any atom is -0.381 e. The highest BCUT2D eigenvalue weighted by molar-refractivity contribution is 7.15. The summed E-state index contributed by atoms with van der Waals surface area (Å²) in [4.78, 5) is 22.4. The number of aromatic nitrogens is 1. The lowest BCUT2D eigenvalue weighted by Crippen LogP contribution is -2.55. The number of piperazine rings is 1. The van der Waals surface area contributed by atoms with Crippen molar-refractivity contribution in [3.63, 3.8) is 0 Å². The van der Waals surface area contributed by atoms with Gasteiger partial charge in [-0.2, -0.15) is 0 Å². The fourth-order valence-corrected chi connectivity index (χ4v) is 3.91. The zero-order valence-electron chi connectivity index (χ0n) is 13.8. The summed E-state index contributed by atoms with van der Waals surface area (Å²) < 4.78 is 5.35. The van der Waals surface area contributed by atoms with Crippen molar-refractivity contribution >= 4 is 47.2 Å². The van der Waals surface area contributed by atoms with Crippen LogP contribution in [0.1, 0.15) is 17.7 Å². The van der Waals surface area contributed by atoms with E-state index in [2.05, 4.69) is 16.8 Å². The molecule has 2 aliphatic heterocycles. The molecule has 2 fully saturated rings. The fourth-order valence-electron chi connectivity index (χ4n) is 3.09. The number of amides is 1. The molecule has 2 aliphatic rings. The van der Waals surface area contributed by atoms with E-state index >= 15 is 0 Å². The number of carbonyl (C=O) groups excluding carboxylic acids is 1. The molecule has 2 saturated heterocycles. The van der Waals surface area contributed by atoms with Gasteiger partial charge in [0.05, 0.1) is 6.04 Å². The molecule has 0 radical (unpaired) electrons. The third-order valence-corrected chi connectivity index (χ3v) is 5.50. The van der Waals surface area contributed by atoms with Crippen molar-refractivity contribution in [2.45, 2.75) is 25.8 Å². The molecule has 0 saturated carbocycles. The van der Waals surface area contributed by atoms with Gasteiger partial charge in [0.15, 0.2) is 5.13 Å². The second-order valence-electron chi connectivity index (χ2n) is 6.04. The molecule has 1 unspecified atom stereocenters. The van der Waals surface area contributed by atoms with E-state index in [1.54, 1.807) is 11.3 Å². The number of rotatable bonds is 3. The molecule has 3 rings (SSSR count). The number of nitrogens with zero attached hydrogens (tertiary/aromatic N) is 3. The van der Waals surface area contributed by atoms with Crippen LogP contribution in [0.5, 0.6) is 0 Å². The number of nitrogens with two attached hydrogens (primary N) is 1. The number of anilines is 1. The Morgan fingerprint density at radius 3 is 2.46 bits per heavy atom. The number of halogens is 2. The molecule has 9 heteroatoms. The van der Waals surface area contributed by atoms with Gasteiger partial charge in [0.2, 0.25) is 5.91 Å². The van der Waals surface area contributed by atoms with Crippen molar-refractivity contribution in [3.05, 3.63) is 11.1 Å². The summed E-state index contributed by atoms with van der Waals surface area (Å²) in [6, 6.07) is -0.377. The first-order valence-electron chi connectivity index (χ1n) is 7.94. The average Bonchev–Trinajstić information content (AvgIpc) is 3.01. The Bertz CT molecular complexity index is 517. The van der Waals surface area contributed by atoms with E-state index in [0.29, 0.717) is 0 Å². The van der Waals surface area contributed by atoms with E-state index < -0.39 is 0 Å². The molecule has 1 aromatic rings. The SMILES string of the molecule is Cc1cnc(N2CCN(C(=O)C(N)C3CCOCC3)CC2)s1.Cl.Cl. The predicted octanol–water partition coefficient (Wildman–Crippen LogP) is 1.70. The Hall–Kier alpha value is -0.600. The van der Waals surface area contributed by atoms with Gasteiger partial charge in [-0.1, -0.05) is 0 Å². The molecule has 0 bridgehead atoms. The summed E-state index contributed by atoms with van der Waals surface area (Å²) in [7, 11) is 0. The third-order valence-electron chi connectivity index (χ3n) is 4.53. The van der Waals surface area contributed by atoms with Gasteiger partial charge in [-0.05, 0) is 25.7 Å². The Morgan fingerprint density at radius 2 is 1.92 bits per heavy atom. The zero-order valence-corrected chi connectivity index (χ0v) is 16.3. The Balaban J connectivity index is 0.00000144. The van der Waals surface area contributed by atoms with Gasteiger partial charge >= 0.3 is 0 Å². The van der Waals surface area contributed by atoms with Crippen LogP contribution >= 0.6 is 36.2 Å². The monoisotopic (exact) mass is 396 g/mol. The first kappa shape index (κ1) is 21.4. The van der Waals surface area contributed by atoms with Crippen molar-refractivity contribution in [1.29, 1.82) is 0 Å². The van der Waals surface area contributed by atoms with Crippen molar-refractivity contribution < 1.29 is 9.53 Å². The molecule has 138 valence electrons. The Morgan fingerprint density at radius 1 is 1.29 bits per heavy atom. The van der Waals surface area contributed by atoms with Crippen molar-refractivity contribution in [2.24, 2.45) is 11.7 Å². The van der Waals surface area contributed by atoms with Gasteiger partial charge in [-0.25, -0.2) is 4.98 Å². The largest absolute Gasteiger partial charge is 0.381 e. The molecule has 6 nitrogen and oxygen atoms in total. The maximum absolute atomic E-state index is 12.6. The van der Waals surface area contributed by atoms with Gasteiger partial charge in [0.25, 0.3) is 0 Å². The van der Waals surface area contributed by atoms with E-state index in [1.807, 2.05) is 11.1 Å². The maximum atomic E-state index is 12.6. The first-order chi connectivity index (χ1) is 10.6. The van der Waals surface area contributed by atoms with Crippen molar-refractivity contribution in [3.8, 4) is 0 Å². The molecule has 0 spiro atoms. The number of hydrogen-bond donors (Lipinski definition) is 1. The van der Waals surface area contributed by atoms with E-state index in [0.717, 1.165) is 57.4 Å². The molecule has 2 N–H and O–H groups in total. The Kier molecular flexibility index (Phi) is 8.73. The highest BCUT2D eigenvalue weighted by Gasteiger charge is 2.31. The van der Waals surface area contributed by atoms with Crippen LogP contribution in [0.15, 0.2) is 6.20 Å². The fraction of sp³-hybridized carbons (Fsp3) is 0.733. The second-order valence-corrected chi connectivity index (χ2v) is 7.25. The third kappa shape index (κ3) is 4.95. The van der Waals surface area contributed by atoms with Crippen molar-refractivity contribution in [2.75, 3.05) is 44.3 Å². The van der Waals surface area contributed by atoms with Gasteiger partial charge < -0.3 is 20.3 Å². The highest BCUT2D eigenvalue weighted by Crippen LogP contribution is 2.24. The molecule has 0 aliphatic carbocycles. The molecule has 1 aromatic heterocycles. The van der Waals surface area contributed by atoms with Crippen LogP contribution in [-0.4, -0.2) is 61.2 Å². The van der Waals surface area contributed by atoms with Crippen LogP contribution in [0.3, 0.4) is 0 Å². The van der Waals surface area contributed by atoms with Crippen LogP contribution in [0.2, 0.25) is 0 Å². The van der Waals surface area contributed by atoms with E-state index in [1.165, 1.54) is 4.88 Å². The molecule has 0 aromatic carbocycles. The lowest BCUT2D eigenvalue weighted by atomic mass is 9.91. The Labute approximate surface area is 159 Å². The lowest BCUT2D eigenvalue weighted by Gasteiger charge is -2.37. The predicted molar refractivity (Wildman–Crippen MR) is 102 cm³/mol. The second kappa shape index (κ2) is 9.77. The summed E-state index contributed by atoms with van der Waals surface area (Å²) in [6.07, 6.45) is 3.69. The average molecular weight is 397 g/mol. The van der Waals surface area contributed by atoms with Gasteiger partial charge in [-0.3, -0.25) is 4.79 Å². The molecular formula is C15H26Cl2N4O2S. The van der Waals surface area contributed by atoms with E-state index in [4.69, 9.17) is 10.5 Å². The lowest BCUT2D eigenvalue weighted by molar-refractivity contribution is -0.135. The smallest absolute Gasteiger partial charge is 0.239 e.